The summed E-state index contributed by atoms with van der Waals surface area (Å²) in [6.07, 6.45) is 4.50. The number of carbonyl (C=O) groups excluding carboxylic acids is 1. The number of nitrogens with zero attached hydrogens (tertiary/aromatic N) is 4. The second-order valence-corrected chi connectivity index (χ2v) is 7.26. The number of piperidine rings is 1. The average Bonchev–Trinajstić information content (AvgIpc) is 3.29. The molecule has 3 aromatic rings. The molecule has 8 heteroatoms. The van der Waals surface area contributed by atoms with Gasteiger partial charge in [0.2, 0.25) is 0 Å². The predicted molar refractivity (Wildman–Crippen MR) is 96.8 cm³/mol. The quantitative estimate of drug-likeness (QED) is 0.728. The van der Waals surface area contributed by atoms with Crippen LogP contribution < -0.4 is 10.6 Å². The van der Waals surface area contributed by atoms with Gasteiger partial charge in [-0.25, -0.2) is 9.67 Å². The van der Waals surface area contributed by atoms with Crippen LogP contribution in [0.5, 0.6) is 0 Å². The van der Waals surface area contributed by atoms with Crippen LogP contribution in [0.15, 0.2) is 30.5 Å². The van der Waals surface area contributed by atoms with Crippen molar-refractivity contribution in [1.82, 2.24) is 30.6 Å². The number of nitrogens with one attached hydrogen (secondary N) is 2. The Labute approximate surface area is 149 Å². The molecule has 1 aliphatic rings. The lowest BCUT2D eigenvalue weighted by Gasteiger charge is -2.22. The van der Waals surface area contributed by atoms with Crippen LogP contribution in [0.25, 0.3) is 10.2 Å². The standard InChI is InChI=1S/C17H20N6OS/c24-17(14-11-23(22-21-14)12-5-8-18-9-6-12)19-10-7-16-20-13-3-1-2-4-15(13)25-16/h1-4,11-12,18H,5-10H2,(H,19,24). The first-order valence-electron chi connectivity index (χ1n) is 8.55. The summed E-state index contributed by atoms with van der Waals surface area (Å²) < 4.78 is 3.00. The van der Waals surface area contributed by atoms with E-state index >= 15 is 0 Å². The van der Waals surface area contributed by atoms with Gasteiger partial charge in [-0.1, -0.05) is 17.3 Å². The summed E-state index contributed by atoms with van der Waals surface area (Å²) in [5.41, 5.74) is 1.39. The van der Waals surface area contributed by atoms with Crippen LogP contribution in [0.1, 0.15) is 34.4 Å². The first kappa shape index (κ1) is 16.2. The number of amides is 1. The number of aromatic nitrogens is 4. The maximum atomic E-state index is 12.2. The highest BCUT2D eigenvalue weighted by Gasteiger charge is 2.18. The van der Waals surface area contributed by atoms with Gasteiger partial charge < -0.3 is 10.6 Å². The van der Waals surface area contributed by atoms with Crippen molar-refractivity contribution in [2.75, 3.05) is 19.6 Å². The molecule has 2 aromatic heterocycles. The minimum atomic E-state index is -0.179. The lowest BCUT2D eigenvalue weighted by Crippen LogP contribution is -2.29. The summed E-state index contributed by atoms with van der Waals surface area (Å²) in [5, 5.41) is 15.4. The minimum absolute atomic E-state index is 0.179. The highest BCUT2D eigenvalue weighted by atomic mass is 32.1. The molecule has 3 heterocycles. The van der Waals surface area contributed by atoms with Gasteiger partial charge >= 0.3 is 0 Å². The second-order valence-electron chi connectivity index (χ2n) is 6.15. The fraction of sp³-hybridized carbons (Fsp3) is 0.412. The largest absolute Gasteiger partial charge is 0.350 e. The Hall–Kier alpha value is -2.32. The van der Waals surface area contributed by atoms with Crippen molar-refractivity contribution in [3.8, 4) is 0 Å². The predicted octanol–water partition coefficient (Wildman–Crippen LogP) is 1.78. The number of hydrogen-bond donors (Lipinski definition) is 2. The van der Waals surface area contributed by atoms with Gasteiger partial charge in [-0.2, -0.15) is 0 Å². The third-order valence-corrected chi connectivity index (χ3v) is 5.48. The van der Waals surface area contributed by atoms with Crippen molar-refractivity contribution >= 4 is 27.5 Å². The van der Waals surface area contributed by atoms with E-state index < -0.39 is 0 Å². The Morgan fingerprint density at radius 1 is 1.32 bits per heavy atom. The second kappa shape index (κ2) is 7.28. The molecule has 0 bridgehead atoms. The van der Waals surface area contributed by atoms with Crippen LogP contribution in [-0.2, 0) is 6.42 Å². The van der Waals surface area contributed by atoms with Gasteiger partial charge in [0, 0.05) is 13.0 Å². The smallest absolute Gasteiger partial charge is 0.273 e. The molecule has 1 aliphatic heterocycles. The zero-order valence-corrected chi connectivity index (χ0v) is 14.6. The Morgan fingerprint density at radius 3 is 3.00 bits per heavy atom. The van der Waals surface area contributed by atoms with E-state index in [1.165, 1.54) is 4.70 Å². The minimum Gasteiger partial charge on any atom is -0.350 e. The third-order valence-electron chi connectivity index (χ3n) is 4.39. The third kappa shape index (κ3) is 3.69. The molecular formula is C17H20N6OS. The monoisotopic (exact) mass is 356 g/mol. The lowest BCUT2D eigenvalue weighted by atomic mass is 10.1. The topological polar surface area (TPSA) is 84.7 Å². The molecule has 0 radical (unpaired) electrons. The zero-order valence-electron chi connectivity index (χ0n) is 13.8. The number of rotatable bonds is 5. The highest BCUT2D eigenvalue weighted by molar-refractivity contribution is 7.18. The molecule has 1 saturated heterocycles. The van der Waals surface area contributed by atoms with E-state index in [1.54, 1.807) is 17.5 Å². The summed E-state index contributed by atoms with van der Waals surface area (Å²) in [6, 6.07) is 8.40. The molecule has 1 amide bonds. The van der Waals surface area contributed by atoms with E-state index in [-0.39, 0.29) is 5.91 Å². The normalized spacial score (nSPS) is 15.5. The Morgan fingerprint density at radius 2 is 2.16 bits per heavy atom. The first-order valence-corrected chi connectivity index (χ1v) is 9.36. The Kier molecular flexibility index (Phi) is 4.71. The zero-order chi connectivity index (χ0) is 17.1. The molecule has 0 unspecified atom stereocenters. The maximum absolute atomic E-state index is 12.2. The van der Waals surface area contributed by atoms with Crippen molar-refractivity contribution < 1.29 is 4.79 Å². The summed E-state index contributed by atoms with van der Waals surface area (Å²) in [5.74, 6) is -0.179. The van der Waals surface area contributed by atoms with Gasteiger partial charge in [0.05, 0.1) is 27.5 Å². The number of benzene rings is 1. The Balaban J connectivity index is 1.32. The molecule has 1 fully saturated rings. The van der Waals surface area contributed by atoms with Crippen LogP contribution in [0.4, 0.5) is 0 Å². The van der Waals surface area contributed by atoms with Crippen LogP contribution in [0.2, 0.25) is 0 Å². The van der Waals surface area contributed by atoms with Gasteiger partial charge in [-0.05, 0) is 38.1 Å². The number of thiazole rings is 1. The van der Waals surface area contributed by atoms with Crippen LogP contribution in [-0.4, -0.2) is 45.5 Å². The van der Waals surface area contributed by atoms with Crippen molar-refractivity contribution in [3.05, 3.63) is 41.2 Å². The van der Waals surface area contributed by atoms with Crippen LogP contribution >= 0.6 is 11.3 Å². The summed E-state index contributed by atoms with van der Waals surface area (Å²) >= 11 is 1.67. The lowest BCUT2D eigenvalue weighted by molar-refractivity contribution is 0.0949. The van der Waals surface area contributed by atoms with E-state index in [4.69, 9.17) is 0 Å². The molecule has 7 nitrogen and oxygen atoms in total. The molecule has 2 N–H and O–H groups in total. The van der Waals surface area contributed by atoms with E-state index in [0.717, 1.165) is 36.5 Å². The fourth-order valence-electron chi connectivity index (χ4n) is 3.03. The molecule has 1 aromatic carbocycles. The van der Waals surface area contributed by atoms with E-state index in [2.05, 4.69) is 32.0 Å². The summed E-state index contributed by atoms with van der Waals surface area (Å²) in [7, 11) is 0. The van der Waals surface area contributed by atoms with Gasteiger partial charge in [0.25, 0.3) is 5.91 Å². The first-order chi connectivity index (χ1) is 12.3. The molecular weight excluding hydrogens is 336 g/mol. The molecule has 0 spiro atoms. The molecule has 130 valence electrons. The number of fused-ring (bicyclic) bond motifs is 1. The number of carbonyl (C=O) groups is 1. The molecule has 0 aliphatic carbocycles. The van der Waals surface area contributed by atoms with E-state index in [1.807, 2.05) is 22.9 Å². The SMILES string of the molecule is O=C(NCCc1nc2ccccc2s1)c1cn(C2CCNCC2)nn1. The Bertz CT molecular complexity index is 834. The number of para-hydroxylation sites is 1. The van der Waals surface area contributed by atoms with Crippen LogP contribution in [0.3, 0.4) is 0 Å². The van der Waals surface area contributed by atoms with Crippen molar-refractivity contribution in [3.63, 3.8) is 0 Å². The molecule has 0 atom stereocenters. The average molecular weight is 356 g/mol. The van der Waals surface area contributed by atoms with Gasteiger partial charge in [0.15, 0.2) is 5.69 Å². The molecule has 0 saturated carbocycles. The maximum Gasteiger partial charge on any atom is 0.273 e. The van der Waals surface area contributed by atoms with Crippen molar-refractivity contribution in [1.29, 1.82) is 0 Å². The van der Waals surface area contributed by atoms with Gasteiger partial charge in [0.1, 0.15) is 0 Å². The van der Waals surface area contributed by atoms with E-state index in [9.17, 15) is 4.79 Å². The van der Waals surface area contributed by atoms with E-state index in [0.29, 0.717) is 24.7 Å². The van der Waals surface area contributed by atoms with Crippen molar-refractivity contribution in [2.24, 2.45) is 0 Å². The summed E-state index contributed by atoms with van der Waals surface area (Å²) in [6.45, 7) is 2.50. The fourth-order valence-corrected chi connectivity index (χ4v) is 4.00. The van der Waals surface area contributed by atoms with Crippen LogP contribution in [0, 0.1) is 0 Å². The number of hydrogen-bond acceptors (Lipinski definition) is 6. The van der Waals surface area contributed by atoms with Gasteiger partial charge in [-0.15, -0.1) is 16.4 Å². The van der Waals surface area contributed by atoms with Gasteiger partial charge in [-0.3, -0.25) is 4.79 Å². The summed E-state index contributed by atoms with van der Waals surface area (Å²) in [4.78, 5) is 16.8. The molecule has 4 rings (SSSR count). The molecule has 25 heavy (non-hydrogen) atoms. The highest BCUT2D eigenvalue weighted by Crippen LogP contribution is 2.21. The van der Waals surface area contributed by atoms with Crippen molar-refractivity contribution in [2.45, 2.75) is 25.3 Å².